The number of morpholine rings is 1. The summed E-state index contributed by atoms with van der Waals surface area (Å²) in [4.78, 5) is 23.8. The van der Waals surface area contributed by atoms with Crippen molar-refractivity contribution in [2.45, 2.75) is 13.1 Å². The van der Waals surface area contributed by atoms with Crippen molar-refractivity contribution in [3.8, 4) is 11.3 Å². The normalized spacial score (nSPS) is 14.4. The van der Waals surface area contributed by atoms with E-state index >= 15 is 0 Å². The lowest BCUT2D eigenvalue weighted by Crippen LogP contribution is -2.37. The summed E-state index contributed by atoms with van der Waals surface area (Å²) in [6.07, 6.45) is 0.185. The summed E-state index contributed by atoms with van der Waals surface area (Å²) >= 11 is 0. The Balaban J connectivity index is 1.59. The van der Waals surface area contributed by atoms with Gasteiger partial charge in [0.05, 0.1) is 35.7 Å². The van der Waals surface area contributed by atoms with Crippen LogP contribution in [0.1, 0.15) is 11.4 Å². The standard InChI is InChI=1S/C23H20F3N7O/c1-14-28-12-15(13-29-14)19-11-20(32-22(31-19)33-7-9-34-10-8-33)30-18-5-6-27-21-16(18)3-2-4-17(21)23(24,25)26/h2-6,11-13H,7-10H2,1H3,(H,27,30,31,32). The molecule has 0 radical (unpaired) electrons. The third-order valence-corrected chi connectivity index (χ3v) is 5.42. The molecular weight excluding hydrogens is 447 g/mol. The molecule has 1 N–H and O–H groups in total. The molecule has 4 heterocycles. The second kappa shape index (κ2) is 8.82. The van der Waals surface area contributed by atoms with Crippen LogP contribution in [0, 0.1) is 6.92 Å². The molecule has 5 rings (SSSR count). The van der Waals surface area contributed by atoms with E-state index in [1.807, 2.05) is 4.90 Å². The number of ether oxygens (including phenoxy) is 1. The van der Waals surface area contributed by atoms with Crippen molar-refractivity contribution in [1.29, 1.82) is 0 Å². The average Bonchev–Trinajstić information content (AvgIpc) is 2.84. The van der Waals surface area contributed by atoms with Crippen molar-refractivity contribution < 1.29 is 17.9 Å². The smallest absolute Gasteiger partial charge is 0.378 e. The van der Waals surface area contributed by atoms with Gasteiger partial charge in [-0.15, -0.1) is 0 Å². The summed E-state index contributed by atoms with van der Waals surface area (Å²) in [5.74, 6) is 1.54. The Morgan fingerprint density at radius 2 is 1.76 bits per heavy atom. The third-order valence-electron chi connectivity index (χ3n) is 5.42. The van der Waals surface area contributed by atoms with Gasteiger partial charge in [0.1, 0.15) is 11.6 Å². The Morgan fingerprint density at radius 3 is 2.50 bits per heavy atom. The van der Waals surface area contributed by atoms with Crippen molar-refractivity contribution in [2.75, 3.05) is 36.5 Å². The second-order valence-corrected chi connectivity index (χ2v) is 7.74. The lowest BCUT2D eigenvalue weighted by molar-refractivity contribution is -0.136. The summed E-state index contributed by atoms with van der Waals surface area (Å²) in [7, 11) is 0. The van der Waals surface area contributed by atoms with E-state index in [2.05, 4.69) is 30.2 Å². The van der Waals surface area contributed by atoms with E-state index in [-0.39, 0.29) is 5.52 Å². The number of benzene rings is 1. The van der Waals surface area contributed by atoms with E-state index in [9.17, 15) is 13.2 Å². The van der Waals surface area contributed by atoms with Gasteiger partial charge >= 0.3 is 6.18 Å². The number of halogens is 3. The number of anilines is 3. The van der Waals surface area contributed by atoms with Crippen molar-refractivity contribution in [3.63, 3.8) is 0 Å². The number of rotatable bonds is 4. The van der Waals surface area contributed by atoms with Crippen LogP contribution in [0.4, 0.5) is 30.6 Å². The second-order valence-electron chi connectivity index (χ2n) is 7.74. The first-order valence-electron chi connectivity index (χ1n) is 10.6. The molecule has 8 nitrogen and oxygen atoms in total. The summed E-state index contributed by atoms with van der Waals surface area (Å²) in [6.45, 7) is 4.15. The van der Waals surface area contributed by atoms with E-state index in [4.69, 9.17) is 4.74 Å². The summed E-state index contributed by atoms with van der Waals surface area (Å²) < 4.78 is 45.9. The molecule has 0 spiro atoms. The molecule has 4 aromatic rings. The molecular formula is C23H20F3N7O. The zero-order chi connectivity index (χ0) is 23.7. The molecule has 0 aliphatic carbocycles. The maximum atomic E-state index is 13.5. The van der Waals surface area contributed by atoms with E-state index in [1.54, 1.807) is 37.5 Å². The van der Waals surface area contributed by atoms with Gasteiger partial charge in [0.2, 0.25) is 5.95 Å². The van der Waals surface area contributed by atoms with Crippen molar-refractivity contribution in [3.05, 3.63) is 60.3 Å². The molecule has 34 heavy (non-hydrogen) atoms. The maximum absolute atomic E-state index is 13.5. The van der Waals surface area contributed by atoms with Gasteiger partial charge in [-0.1, -0.05) is 12.1 Å². The number of hydrogen-bond donors (Lipinski definition) is 1. The lowest BCUT2D eigenvalue weighted by Gasteiger charge is -2.27. The molecule has 0 unspecified atom stereocenters. The predicted octanol–water partition coefficient (Wildman–Crippen LogP) is 4.39. The molecule has 1 aliphatic heterocycles. The fourth-order valence-electron chi connectivity index (χ4n) is 3.73. The quantitative estimate of drug-likeness (QED) is 0.473. The van der Waals surface area contributed by atoms with Gasteiger partial charge < -0.3 is 15.0 Å². The van der Waals surface area contributed by atoms with Gasteiger partial charge in [-0.25, -0.2) is 15.0 Å². The molecule has 1 aliphatic rings. The molecule has 11 heteroatoms. The number of hydrogen-bond acceptors (Lipinski definition) is 8. The van der Waals surface area contributed by atoms with E-state index in [0.29, 0.717) is 66.2 Å². The van der Waals surface area contributed by atoms with Crippen LogP contribution in [-0.2, 0) is 10.9 Å². The highest BCUT2D eigenvalue weighted by molar-refractivity contribution is 5.94. The molecule has 1 fully saturated rings. The number of aryl methyl sites for hydroxylation is 1. The van der Waals surface area contributed by atoms with Gasteiger partial charge in [-0.3, -0.25) is 4.98 Å². The fraction of sp³-hybridized carbons (Fsp3) is 0.261. The largest absolute Gasteiger partial charge is 0.418 e. The van der Waals surface area contributed by atoms with Crippen LogP contribution in [-0.4, -0.2) is 51.2 Å². The van der Waals surface area contributed by atoms with Crippen LogP contribution in [0.2, 0.25) is 0 Å². The number of fused-ring (bicyclic) bond motifs is 1. The monoisotopic (exact) mass is 467 g/mol. The molecule has 0 atom stereocenters. The Morgan fingerprint density at radius 1 is 1.00 bits per heavy atom. The molecule has 0 amide bonds. The number of aromatic nitrogens is 5. The first-order valence-corrected chi connectivity index (χ1v) is 10.6. The van der Waals surface area contributed by atoms with Crippen molar-refractivity contribution >= 4 is 28.4 Å². The minimum atomic E-state index is -4.51. The van der Waals surface area contributed by atoms with E-state index < -0.39 is 11.7 Å². The summed E-state index contributed by atoms with van der Waals surface area (Å²) in [5, 5.41) is 3.51. The molecule has 1 saturated heterocycles. The summed E-state index contributed by atoms with van der Waals surface area (Å²) in [5.41, 5.74) is 0.823. The minimum Gasteiger partial charge on any atom is -0.378 e. The van der Waals surface area contributed by atoms with E-state index in [1.165, 1.54) is 12.3 Å². The van der Waals surface area contributed by atoms with Gasteiger partial charge in [0, 0.05) is 48.7 Å². The average molecular weight is 467 g/mol. The van der Waals surface area contributed by atoms with Crippen LogP contribution in [0.15, 0.2) is 48.9 Å². The number of alkyl halides is 3. The van der Waals surface area contributed by atoms with Gasteiger partial charge in [0.15, 0.2) is 0 Å². The minimum absolute atomic E-state index is 0.130. The highest BCUT2D eigenvalue weighted by Gasteiger charge is 2.33. The predicted molar refractivity (Wildman–Crippen MR) is 121 cm³/mol. The maximum Gasteiger partial charge on any atom is 0.418 e. The van der Waals surface area contributed by atoms with Crippen LogP contribution >= 0.6 is 0 Å². The Labute approximate surface area is 192 Å². The van der Waals surface area contributed by atoms with Crippen LogP contribution in [0.5, 0.6) is 0 Å². The SMILES string of the molecule is Cc1ncc(-c2cc(Nc3ccnc4c(C(F)(F)F)cccc34)nc(N3CCOCC3)n2)cn1. The number of nitrogens with zero attached hydrogens (tertiary/aromatic N) is 6. The van der Waals surface area contributed by atoms with E-state index in [0.717, 1.165) is 6.07 Å². The van der Waals surface area contributed by atoms with Crippen LogP contribution < -0.4 is 10.2 Å². The molecule has 3 aromatic heterocycles. The number of para-hydroxylation sites is 1. The Hall–Kier alpha value is -3.86. The summed E-state index contributed by atoms with van der Waals surface area (Å²) in [6, 6.07) is 7.33. The van der Waals surface area contributed by atoms with Gasteiger partial charge in [-0.05, 0) is 19.1 Å². The van der Waals surface area contributed by atoms with Crippen LogP contribution in [0.25, 0.3) is 22.2 Å². The number of nitrogens with one attached hydrogen (secondary N) is 1. The van der Waals surface area contributed by atoms with Crippen molar-refractivity contribution in [1.82, 2.24) is 24.9 Å². The Bertz CT molecular complexity index is 1320. The van der Waals surface area contributed by atoms with Gasteiger partial charge in [0.25, 0.3) is 0 Å². The molecule has 1 aromatic carbocycles. The molecule has 0 bridgehead atoms. The topological polar surface area (TPSA) is 89.0 Å². The molecule has 174 valence electrons. The fourth-order valence-corrected chi connectivity index (χ4v) is 3.73. The Kier molecular flexibility index (Phi) is 5.70. The first-order chi connectivity index (χ1) is 16.4. The third kappa shape index (κ3) is 4.46. The van der Waals surface area contributed by atoms with Crippen LogP contribution in [0.3, 0.4) is 0 Å². The van der Waals surface area contributed by atoms with Crippen molar-refractivity contribution in [2.24, 2.45) is 0 Å². The highest BCUT2D eigenvalue weighted by atomic mass is 19.4. The van der Waals surface area contributed by atoms with Gasteiger partial charge in [-0.2, -0.15) is 18.2 Å². The highest BCUT2D eigenvalue weighted by Crippen LogP contribution is 2.36. The first kappa shape index (κ1) is 22.0. The number of pyridine rings is 1. The lowest BCUT2D eigenvalue weighted by atomic mass is 10.1. The zero-order valence-electron chi connectivity index (χ0n) is 18.2. The molecule has 0 saturated carbocycles. The zero-order valence-corrected chi connectivity index (χ0v) is 18.2.